The van der Waals surface area contributed by atoms with Crippen molar-refractivity contribution < 1.29 is 18.0 Å². The van der Waals surface area contributed by atoms with E-state index in [0.29, 0.717) is 5.02 Å². The molecule has 2 rings (SSSR count). The van der Waals surface area contributed by atoms with E-state index in [1.165, 1.54) is 56.6 Å². The van der Waals surface area contributed by atoms with E-state index in [4.69, 9.17) is 23.2 Å². The normalized spacial score (nSPS) is 11.3. The quantitative estimate of drug-likeness (QED) is 0.748. The minimum atomic E-state index is -3.68. The van der Waals surface area contributed by atoms with Crippen molar-refractivity contribution >= 4 is 45.0 Å². The van der Waals surface area contributed by atoms with Crippen LogP contribution < -0.4 is 10.9 Å². The molecule has 2 amide bonds. The molecule has 2 aromatic carbocycles. The molecule has 138 valence electrons. The predicted octanol–water partition coefficient (Wildman–Crippen LogP) is 2.32. The van der Waals surface area contributed by atoms with E-state index in [0.717, 1.165) is 4.31 Å². The van der Waals surface area contributed by atoms with Crippen LogP contribution in [0, 0.1) is 0 Å². The van der Waals surface area contributed by atoms with Crippen molar-refractivity contribution in [2.75, 3.05) is 14.1 Å². The molecule has 0 aliphatic heterocycles. The summed E-state index contributed by atoms with van der Waals surface area (Å²) in [6.07, 6.45) is 0. The van der Waals surface area contributed by atoms with Crippen molar-refractivity contribution in [1.29, 1.82) is 0 Å². The van der Waals surface area contributed by atoms with Gasteiger partial charge in [0.25, 0.3) is 11.8 Å². The lowest BCUT2D eigenvalue weighted by atomic mass is 10.2. The summed E-state index contributed by atoms with van der Waals surface area (Å²) in [5, 5.41) is 0.498. The van der Waals surface area contributed by atoms with Crippen molar-refractivity contribution in [3.8, 4) is 0 Å². The maximum absolute atomic E-state index is 12.2. The number of benzene rings is 2. The summed E-state index contributed by atoms with van der Waals surface area (Å²) < 4.78 is 25.3. The second kappa shape index (κ2) is 8.05. The Morgan fingerprint density at radius 3 is 2.23 bits per heavy atom. The molecule has 2 N–H and O–H groups in total. The molecule has 0 saturated heterocycles. The number of carbonyl (C=O) groups is 2. The van der Waals surface area contributed by atoms with Gasteiger partial charge in [0.2, 0.25) is 10.0 Å². The van der Waals surface area contributed by atoms with Crippen molar-refractivity contribution in [3.63, 3.8) is 0 Å². The van der Waals surface area contributed by atoms with E-state index in [-0.39, 0.29) is 21.0 Å². The third-order valence-electron chi connectivity index (χ3n) is 3.34. The Kier molecular flexibility index (Phi) is 6.25. The van der Waals surface area contributed by atoms with E-state index in [9.17, 15) is 18.0 Å². The zero-order valence-electron chi connectivity index (χ0n) is 13.8. The highest BCUT2D eigenvalue weighted by Crippen LogP contribution is 2.20. The summed E-state index contributed by atoms with van der Waals surface area (Å²) in [6.45, 7) is 0. The van der Waals surface area contributed by atoms with Gasteiger partial charge in [-0.25, -0.2) is 12.7 Å². The van der Waals surface area contributed by atoms with Crippen molar-refractivity contribution in [1.82, 2.24) is 15.2 Å². The molecule has 0 aliphatic rings. The van der Waals surface area contributed by atoms with Gasteiger partial charge in [0.05, 0.1) is 15.5 Å². The number of nitrogens with zero attached hydrogens (tertiary/aromatic N) is 1. The van der Waals surface area contributed by atoms with Crippen LogP contribution in [0.1, 0.15) is 20.7 Å². The first-order valence-corrected chi connectivity index (χ1v) is 9.41. The van der Waals surface area contributed by atoms with Crippen molar-refractivity contribution in [3.05, 3.63) is 63.6 Å². The van der Waals surface area contributed by atoms with Gasteiger partial charge in [0.1, 0.15) is 0 Å². The van der Waals surface area contributed by atoms with E-state index in [1.54, 1.807) is 0 Å². The summed E-state index contributed by atoms with van der Waals surface area (Å²) in [5.74, 6) is -1.32. The smallest absolute Gasteiger partial charge is 0.267 e. The van der Waals surface area contributed by atoms with Crippen LogP contribution in [-0.2, 0) is 10.0 Å². The number of nitrogens with one attached hydrogen (secondary N) is 2. The Morgan fingerprint density at radius 1 is 0.962 bits per heavy atom. The molecule has 26 heavy (non-hydrogen) atoms. The van der Waals surface area contributed by atoms with Gasteiger partial charge in [-0.3, -0.25) is 20.4 Å². The number of hydrogen-bond acceptors (Lipinski definition) is 4. The lowest BCUT2D eigenvalue weighted by Gasteiger charge is -2.12. The SMILES string of the molecule is CN(C)S(=O)(=O)c1cccc(C(=O)NNC(=O)c2ccc(Cl)cc2Cl)c1. The molecule has 0 bridgehead atoms. The molecule has 0 spiro atoms. The molecular weight excluding hydrogens is 401 g/mol. The molecule has 0 atom stereocenters. The van der Waals surface area contributed by atoms with Crippen LogP contribution in [0.2, 0.25) is 10.0 Å². The first kappa shape index (κ1) is 20.2. The lowest BCUT2D eigenvalue weighted by molar-refractivity contribution is 0.0846. The lowest BCUT2D eigenvalue weighted by Crippen LogP contribution is -2.41. The van der Waals surface area contributed by atoms with Crippen LogP contribution in [-0.4, -0.2) is 38.6 Å². The van der Waals surface area contributed by atoms with Gasteiger partial charge < -0.3 is 0 Å². The highest BCUT2D eigenvalue weighted by atomic mass is 35.5. The number of sulfonamides is 1. The molecule has 0 saturated carbocycles. The largest absolute Gasteiger partial charge is 0.271 e. The summed E-state index contributed by atoms with van der Waals surface area (Å²) in [7, 11) is -0.907. The Hall–Kier alpha value is -2.13. The second-order valence-electron chi connectivity index (χ2n) is 5.35. The topological polar surface area (TPSA) is 95.6 Å². The van der Waals surface area contributed by atoms with E-state index < -0.39 is 21.8 Å². The zero-order chi connectivity index (χ0) is 19.5. The van der Waals surface area contributed by atoms with E-state index in [1.807, 2.05) is 0 Å². The fourth-order valence-corrected chi connectivity index (χ4v) is 3.38. The summed E-state index contributed by atoms with van der Waals surface area (Å²) in [6, 6.07) is 9.74. The van der Waals surface area contributed by atoms with Crippen molar-refractivity contribution in [2.24, 2.45) is 0 Å². The number of halogens is 2. The van der Waals surface area contributed by atoms with Gasteiger partial charge in [-0.2, -0.15) is 0 Å². The minimum absolute atomic E-state index is 0.0396. The number of hydrazine groups is 1. The van der Waals surface area contributed by atoms with Gasteiger partial charge in [0, 0.05) is 24.7 Å². The molecule has 7 nitrogen and oxygen atoms in total. The second-order valence-corrected chi connectivity index (χ2v) is 8.34. The van der Waals surface area contributed by atoms with E-state index in [2.05, 4.69) is 10.9 Å². The molecular formula is C16H15Cl2N3O4S. The van der Waals surface area contributed by atoms with Crippen LogP contribution in [0.25, 0.3) is 0 Å². The maximum atomic E-state index is 12.2. The third kappa shape index (κ3) is 4.53. The minimum Gasteiger partial charge on any atom is -0.267 e. The van der Waals surface area contributed by atoms with Gasteiger partial charge in [-0.05, 0) is 36.4 Å². The van der Waals surface area contributed by atoms with Crippen LogP contribution in [0.5, 0.6) is 0 Å². The average molecular weight is 416 g/mol. The Bertz CT molecular complexity index is 962. The molecule has 0 heterocycles. The Labute approximate surface area is 160 Å². The standard InChI is InChI=1S/C16H15Cl2N3O4S/c1-21(2)26(24,25)12-5-3-4-10(8-12)15(22)19-20-16(23)13-7-6-11(17)9-14(13)18/h3-9H,1-2H3,(H,19,22)(H,20,23). The molecule has 10 heteroatoms. The van der Waals surface area contributed by atoms with Crippen LogP contribution in [0.4, 0.5) is 0 Å². The average Bonchev–Trinajstić information content (AvgIpc) is 2.59. The predicted molar refractivity (Wildman–Crippen MR) is 98.7 cm³/mol. The monoisotopic (exact) mass is 415 g/mol. The summed E-state index contributed by atoms with van der Waals surface area (Å²) in [4.78, 5) is 24.2. The summed E-state index contributed by atoms with van der Waals surface area (Å²) in [5.41, 5.74) is 4.61. The van der Waals surface area contributed by atoms with Crippen molar-refractivity contribution in [2.45, 2.75) is 4.90 Å². The highest BCUT2D eigenvalue weighted by Gasteiger charge is 2.19. The Morgan fingerprint density at radius 2 is 1.62 bits per heavy atom. The van der Waals surface area contributed by atoms with Gasteiger partial charge in [-0.15, -0.1) is 0 Å². The molecule has 2 aromatic rings. The van der Waals surface area contributed by atoms with E-state index >= 15 is 0 Å². The number of rotatable bonds is 4. The first-order chi connectivity index (χ1) is 12.1. The Balaban J connectivity index is 2.12. The molecule has 0 aromatic heterocycles. The fourth-order valence-electron chi connectivity index (χ4n) is 1.94. The van der Waals surface area contributed by atoms with Crippen LogP contribution in [0.15, 0.2) is 47.4 Å². The first-order valence-electron chi connectivity index (χ1n) is 7.21. The van der Waals surface area contributed by atoms with Gasteiger partial charge in [-0.1, -0.05) is 29.3 Å². The maximum Gasteiger partial charge on any atom is 0.271 e. The van der Waals surface area contributed by atoms with Gasteiger partial charge >= 0.3 is 0 Å². The number of hydrogen-bond donors (Lipinski definition) is 2. The molecule has 0 unspecified atom stereocenters. The highest BCUT2D eigenvalue weighted by molar-refractivity contribution is 7.89. The zero-order valence-corrected chi connectivity index (χ0v) is 16.1. The summed E-state index contributed by atoms with van der Waals surface area (Å²) >= 11 is 11.7. The molecule has 0 aliphatic carbocycles. The van der Waals surface area contributed by atoms with Crippen LogP contribution in [0.3, 0.4) is 0 Å². The number of carbonyl (C=O) groups excluding carboxylic acids is 2. The molecule has 0 radical (unpaired) electrons. The van der Waals surface area contributed by atoms with Crippen LogP contribution >= 0.6 is 23.2 Å². The fraction of sp³-hybridized carbons (Fsp3) is 0.125. The molecule has 0 fully saturated rings. The third-order valence-corrected chi connectivity index (χ3v) is 5.70. The van der Waals surface area contributed by atoms with Gasteiger partial charge in [0.15, 0.2) is 0 Å². The number of amides is 2.